The van der Waals surface area contributed by atoms with Crippen molar-refractivity contribution in [3.63, 3.8) is 0 Å². The van der Waals surface area contributed by atoms with Crippen LogP contribution in [0.1, 0.15) is 26.3 Å². The largest absolute Gasteiger partial charge is 0.382 e. The second kappa shape index (κ2) is 9.10. The van der Waals surface area contributed by atoms with Gasteiger partial charge in [-0.3, -0.25) is 0 Å². The molecule has 0 heterocycles. The summed E-state index contributed by atoms with van der Waals surface area (Å²) in [5.41, 5.74) is 1.47. The number of anilines is 1. The number of amides is 2. The van der Waals surface area contributed by atoms with Crippen molar-refractivity contribution < 1.29 is 17.4 Å². The number of urea groups is 1. The second-order valence-electron chi connectivity index (χ2n) is 6.24. The molecule has 0 aliphatic heterocycles. The summed E-state index contributed by atoms with van der Waals surface area (Å²) in [6, 6.07) is 13.3. The Labute approximate surface area is 165 Å². The summed E-state index contributed by atoms with van der Waals surface area (Å²) in [4.78, 5) is 14.3. The molecular weight excluding hydrogens is 388 g/mol. The van der Waals surface area contributed by atoms with Crippen LogP contribution in [0.15, 0.2) is 48.5 Å². The molecule has 1 N–H and O–H groups in total. The Balaban J connectivity index is 2.08. The quantitative estimate of drug-likeness (QED) is 0.681. The van der Waals surface area contributed by atoms with Gasteiger partial charge in [0, 0.05) is 23.3 Å². The molecule has 2 rings (SSSR count). The zero-order chi connectivity index (χ0) is 20.0. The number of rotatable bonds is 7. The minimum atomic E-state index is -3.56. The van der Waals surface area contributed by atoms with Gasteiger partial charge in [-0.15, -0.1) is 0 Å². The average molecular weight is 411 g/mol. The van der Waals surface area contributed by atoms with Gasteiger partial charge in [0.1, 0.15) is 5.75 Å². The Morgan fingerprint density at radius 1 is 1.19 bits per heavy atom. The molecule has 0 atom stereocenters. The summed E-state index contributed by atoms with van der Waals surface area (Å²) < 4.78 is 28.0. The number of carbonyl (C=O) groups excluding carboxylic acids is 1. The molecular formula is C19H23ClN2O4S. The highest BCUT2D eigenvalue weighted by atomic mass is 35.5. The summed E-state index contributed by atoms with van der Waals surface area (Å²) in [6.45, 7) is 5.72. The smallest absolute Gasteiger partial charge is 0.322 e. The predicted octanol–water partition coefficient (Wildman–Crippen LogP) is 4.51. The lowest BCUT2D eigenvalue weighted by atomic mass is 10.2. The van der Waals surface area contributed by atoms with Crippen molar-refractivity contribution in [3.8, 4) is 5.75 Å². The van der Waals surface area contributed by atoms with Crippen molar-refractivity contribution in [1.29, 1.82) is 0 Å². The molecule has 2 aromatic rings. The Bertz CT molecular complexity index is 883. The molecule has 6 nitrogen and oxygen atoms in total. The van der Waals surface area contributed by atoms with E-state index < -0.39 is 10.1 Å². The lowest BCUT2D eigenvalue weighted by Crippen LogP contribution is -2.39. The third-order valence-corrected chi connectivity index (χ3v) is 5.20. The molecule has 0 saturated carbocycles. The summed E-state index contributed by atoms with van der Waals surface area (Å²) >= 11 is 5.95. The summed E-state index contributed by atoms with van der Waals surface area (Å²) in [5.74, 6) is 0.152. The van der Waals surface area contributed by atoms with Crippen LogP contribution in [-0.2, 0) is 16.7 Å². The topological polar surface area (TPSA) is 75.7 Å². The first-order valence-electron chi connectivity index (χ1n) is 8.54. The molecule has 8 heteroatoms. The Kier molecular flexibility index (Phi) is 7.10. The predicted molar refractivity (Wildman–Crippen MR) is 108 cm³/mol. The fourth-order valence-electron chi connectivity index (χ4n) is 2.30. The summed E-state index contributed by atoms with van der Waals surface area (Å²) in [7, 11) is -3.56. The van der Waals surface area contributed by atoms with E-state index in [1.54, 1.807) is 53.4 Å². The van der Waals surface area contributed by atoms with Crippen LogP contribution in [-0.4, -0.2) is 31.1 Å². The van der Waals surface area contributed by atoms with E-state index in [0.29, 0.717) is 17.3 Å². The third kappa shape index (κ3) is 6.45. The highest BCUT2D eigenvalue weighted by Crippen LogP contribution is 2.19. The van der Waals surface area contributed by atoms with Crippen LogP contribution in [0.5, 0.6) is 5.75 Å². The van der Waals surface area contributed by atoms with Crippen LogP contribution in [0.3, 0.4) is 0 Å². The maximum absolute atomic E-state index is 12.6. The molecule has 27 heavy (non-hydrogen) atoms. The molecule has 0 spiro atoms. The van der Waals surface area contributed by atoms with Crippen LogP contribution in [0.4, 0.5) is 10.5 Å². The normalized spacial score (nSPS) is 11.3. The lowest BCUT2D eigenvalue weighted by Gasteiger charge is -2.27. The minimum Gasteiger partial charge on any atom is -0.382 e. The van der Waals surface area contributed by atoms with Gasteiger partial charge in [-0.05, 0) is 56.7 Å². The van der Waals surface area contributed by atoms with Crippen LogP contribution >= 0.6 is 11.6 Å². The van der Waals surface area contributed by atoms with E-state index in [4.69, 9.17) is 15.8 Å². The standard InChI is InChI=1S/C19H23ClN2O4S/c1-4-27(24,25)26-18-10-8-15(9-11-18)13-22(14(2)3)19(23)21-17-7-5-6-16(20)12-17/h5-12,14H,4,13H2,1-3H3,(H,21,23). The molecule has 0 saturated heterocycles. The number of nitrogens with one attached hydrogen (secondary N) is 1. The molecule has 0 aliphatic carbocycles. The van der Waals surface area contributed by atoms with Crippen molar-refractivity contribution in [2.75, 3.05) is 11.1 Å². The van der Waals surface area contributed by atoms with Crippen LogP contribution in [0.2, 0.25) is 5.02 Å². The van der Waals surface area contributed by atoms with E-state index >= 15 is 0 Å². The zero-order valence-corrected chi connectivity index (χ0v) is 17.0. The van der Waals surface area contributed by atoms with Crippen molar-refractivity contribution in [2.45, 2.75) is 33.4 Å². The van der Waals surface area contributed by atoms with E-state index in [1.165, 1.54) is 6.92 Å². The molecule has 2 amide bonds. The first kappa shape index (κ1) is 21.1. The maximum atomic E-state index is 12.6. The van der Waals surface area contributed by atoms with Crippen LogP contribution in [0, 0.1) is 0 Å². The molecule has 146 valence electrons. The molecule has 0 aliphatic rings. The molecule has 0 bridgehead atoms. The maximum Gasteiger partial charge on any atom is 0.322 e. The number of nitrogens with zero attached hydrogens (tertiary/aromatic N) is 1. The van der Waals surface area contributed by atoms with Gasteiger partial charge < -0.3 is 14.4 Å². The van der Waals surface area contributed by atoms with E-state index in [0.717, 1.165) is 5.56 Å². The highest BCUT2D eigenvalue weighted by molar-refractivity contribution is 7.87. The molecule has 0 aromatic heterocycles. The van der Waals surface area contributed by atoms with Crippen LogP contribution < -0.4 is 9.50 Å². The van der Waals surface area contributed by atoms with Crippen molar-refractivity contribution in [2.24, 2.45) is 0 Å². The molecule has 0 radical (unpaired) electrons. The van der Waals surface area contributed by atoms with Gasteiger partial charge >= 0.3 is 16.1 Å². The van der Waals surface area contributed by atoms with E-state index in [-0.39, 0.29) is 23.6 Å². The van der Waals surface area contributed by atoms with Gasteiger partial charge in [0.05, 0.1) is 5.75 Å². The number of halogens is 1. The van der Waals surface area contributed by atoms with Crippen molar-refractivity contribution in [3.05, 3.63) is 59.1 Å². The number of hydrogen-bond donors (Lipinski definition) is 1. The fraction of sp³-hybridized carbons (Fsp3) is 0.316. The first-order valence-corrected chi connectivity index (χ1v) is 10.5. The zero-order valence-electron chi connectivity index (χ0n) is 15.5. The average Bonchev–Trinajstić information content (AvgIpc) is 2.60. The Hall–Kier alpha value is -2.25. The van der Waals surface area contributed by atoms with Crippen molar-refractivity contribution >= 4 is 33.4 Å². The van der Waals surface area contributed by atoms with Gasteiger partial charge in [-0.2, -0.15) is 8.42 Å². The first-order chi connectivity index (χ1) is 12.7. The number of benzene rings is 2. The van der Waals surface area contributed by atoms with Gasteiger partial charge in [0.15, 0.2) is 0 Å². The van der Waals surface area contributed by atoms with Crippen molar-refractivity contribution in [1.82, 2.24) is 4.90 Å². The monoisotopic (exact) mass is 410 g/mol. The summed E-state index contributed by atoms with van der Waals surface area (Å²) in [5, 5.41) is 3.38. The minimum absolute atomic E-state index is 0.0411. The fourth-order valence-corrected chi connectivity index (χ4v) is 3.02. The second-order valence-corrected chi connectivity index (χ2v) is 8.53. The molecule has 2 aromatic carbocycles. The Morgan fingerprint density at radius 2 is 1.85 bits per heavy atom. The van der Waals surface area contributed by atoms with Gasteiger partial charge in [-0.25, -0.2) is 4.79 Å². The Morgan fingerprint density at radius 3 is 2.41 bits per heavy atom. The van der Waals surface area contributed by atoms with Gasteiger partial charge in [0.25, 0.3) is 0 Å². The van der Waals surface area contributed by atoms with Crippen LogP contribution in [0.25, 0.3) is 0 Å². The number of hydrogen-bond acceptors (Lipinski definition) is 4. The number of carbonyl (C=O) groups is 1. The lowest BCUT2D eigenvalue weighted by molar-refractivity contribution is 0.193. The van der Waals surface area contributed by atoms with Gasteiger partial charge in [-0.1, -0.05) is 29.8 Å². The molecule has 0 unspecified atom stereocenters. The highest BCUT2D eigenvalue weighted by Gasteiger charge is 2.18. The van der Waals surface area contributed by atoms with E-state index in [9.17, 15) is 13.2 Å². The SMILES string of the molecule is CCS(=O)(=O)Oc1ccc(CN(C(=O)Nc2cccc(Cl)c2)C(C)C)cc1. The van der Waals surface area contributed by atoms with Gasteiger partial charge in [0.2, 0.25) is 0 Å². The third-order valence-electron chi connectivity index (χ3n) is 3.81. The van der Waals surface area contributed by atoms with E-state index in [2.05, 4.69) is 5.32 Å². The summed E-state index contributed by atoms with van der Waals surface area (Å²) in [6.07, 6.45) is 0. The van der Waals surface area contributed by atoms with E-state index in [1.807, 2.05) is 13.8 Å². The molecule has 0 fully saturated rings.